The van der Waals surface area contributed by atoms with Crippen molar-refractivity contribution in [1.82, 2.24) is 0 Å². The molecule has 0 bridgehead atoms. The normalized spacial score (nSPS) is 13.0. The van der Waals surface area contributed by atoms with Crippen LogP contribution >= 0.6 is 0 Å². The van der Waals surface area contributed by atoms with Gasteiger partial charge in [-0.1, -0.05) is 24.3 Å². The topological polar surface area (TPSA) is 104 Å². The van der Waals surface area contributed by atoms with E-state index in [1.807, 2.05) is 0 Å². The molecule has 25 heavy (non-hydrogen) atoms. The van der Waals surface area contributed by atoms with E-state index in [1.165, 1.54) is 35.1 Å². The van der Waals surface area contributed by atoms with Gasteiger partial charge in [0, 0.05) is 22.3 Å². The average Bonchev–Trinajstić information content (AvgIpc) is 2.51. The lowest BCUT2D eigenvalue weighted by atomic mass is 10.1. The van der Waals surface area contributed by atoms with Crippen molar-refractivity contribution in [2.45, 2.75) is 10.4 Å². The lowest BCUT2D eigenvalue weighted by Crippen LogP contribution is -2.30. The molecular formula is C14H9F3N2O4S2. The van der Waals surface area contributed by atoms with Crippen LogP contribution in [-0.4, -0.2) is 22.3 Å². The standard InChI is InChI=1S/C14H9F3N2O4S2/c15-14(16,17)25(22,23)19-12-6-7-13(24(20,21)9-3-8-18)11-5-2-1-4-10(11)12/h1-7,9,19H. The third-order valence-electron chi connectivity index (χ3n) is 3.06. The Morgan fingerprint density at radius 1 is 1.00 bits per heavy atom. The third kappa shape index (κ3) is 3.75. The van der Waals surface area contributed by atoms with E-state index < -0.39 is 31.1 Å². The Labute approximate surface area is 141 Å². The van der Waals surface area contributed by atoms with Gasteiger partial charge in [-0.15, -0.1) is 0 Å². The van der Waals surface area contributed by atoms with Gasteiger partial charge in [0.2, 0.25) is 9.84 Å². The number of rotatable bonds is 4. The monoisotopic (exact) mass is 390 g/mol. The molecular weight excluding hydrogens is 381 g/mol. The summed E-state index contributed by atoms with van der Waals surface area (Å²) < 4.78 is 86.0. The van der Waals surface area contributed by atoms with Crippen LogP contribution in [0.5, 0.6) is 0 Å². The third-order valence-corrected chi connectivity index (χ3v) is 5.62. The van der Waals surface area contributed by atoms with E-state index in [1.54, 1.807) is 0 Å². The summed E-state index contributed by atoms with van der Waals surface area (Å²) in [5.41, 5.74) is -5.94. The smallest absolute Gasteiger partial charge is 0.275 e. The van der Waals surface area contributed by atoms with Crippen LogP contribution in [0.15, 0.2) is 52.8 Å². The molecule has 0 saturated carbocycles. The molecule has 6 nitrogen and oxygen atoms in total. The number of nitrogens with one attached hydrogen (secondary N) is 1. The van der Waals surface area contributed by atoms with Gasteiger partial charge in [0.1, 0.15) is 0 Å². The minimum absolute atomic E-state index is 0.00691. The highest BCUT2D eigenvalue weighted by atomic mass is 32.2. The Morgan fingerprint density at radius 3 is 2.16 bits per heavy atom. The van der Waals surface area contributed by atoms with Gasteiger partial charge in [-0.2, -0.15) is 26.9 Å². The first-order valence-electron chi connectivity index (χ1n) is 6.42. The van der Waals surface area contributed by atoms with Crippen molar-refractivity contribution in [3.63, 3.8) is 0 Å². The van der Waals surface area contributed by atoms with Crippen LogP contribution in [0.1, 0.15) is 0 Å². The van der Waals surface area contributed by atoms with Crippen molar-refractivity contribution < 1.29 is 30.0 Å². The summed E-state index contributed by atoms with van der Waals surface area (Å²) in [6.07, 6.45) is 0.740. The molecule has 2 aromatic carbocycles. The van der Waals surface area contributed by atoms with E-state index in [4.69, 9.17) is 5.26 Å². The van der Waals surface area contributed by atoms with E-state index in [2.05, 4.69) is 0 Å². The number of hydrogen-bond donors (Lipinski definition) is 1. The molecule has 0 spiro atoms. The number of allylic oxidation sites excluding steroid dienone is 1. The number of benzene rings is 2. The van der Waals surface area contributed by atoms with Crippen LogP contribution in [-0.2, 0) is 19.9 Å². The van der Waals surface area contributed by atoms with Crippen LogP contribution in [0.4, 0.5) is 18.9 Å². The summed E-state index contributed by atoms with van der Waals surface area (Å²) in [6, 6.07) is 8.85. The van der Waals surface area contributed by atoms with Crippen molar-refractivity contribution >= 4 is 36.3 Å². The Bertz CT molecular complexity index is 1100. The summed E-state index contributed by atoms with van der Waals surface area (Å²) in [7, 11) is -9.70. The van der Waals surface area contributed by atoms with Gasteiger partial charge in [-0.05, 0) is 12.1 Å². The van der Waals surface area contributed by atoms with Crippen molar-refractivity contribution in [3.05, 3.63) is 47.9 Å². The second-order valence-electron chi connectivity index (χ2n) is 4.68. The van der Waals surface area contributed by atoms with Gasteiger partial charge in [-0.3, -0.25) is 4.72 Å². The Morgan fingerprint density at radius 2 is 1.60 bits per heavy atom. The maximum atomic E-state index is 12.5. The zero-order valence-corrected chi connectivity index (χ0v) is 13.8. The van der Waals surface area contributed by atoms with Crippen LogP contribution in [0.25, 0.3) is 10.8 Å². The number of halogens is 3. The van der Waals surface area contributed by atoms with Gasteiger partial charge in [0.25, 0.3) is 0 Å². The minimum Gasteiger partial charge on any atom is -0.275 e. The minimum atomic E-state index is -5.66. The van der Waals surface area contributed by atoms with Gasteiger partial charge in [0.15, 0.2) is 0 Å². The number of anilines is 1. The molecule has 0 heterocycles. The number of sulfone groups is 1. The Kier molecular flexibility index (Phi) is 4.79. The summed E-state index contributed by atoms with van der Waals surface area (Å²) >= 11 is 0. The molecule has 0 atom stereocenters. The predicted octanol–water partition coefficient (Wildman–Crippen LogP) is 2.91. The van der Waals surface area contributed by atoms with Crippen LogP contribution in [0.2, 0.25) is 0 Å². The highest BCUT2D eigenvalue weighted by Gasteiger charge is 2.46. The maximum absolute atomic E-state index is 12.5. The molecule has 0 unspecified atom stereocenters. The first-order valence-corrected chi connectivity index (χ1v) is 9.44. The van der Waals surface area contributed by atoms with Crippen LogP contribution in [0, 0.1) is 11.3 Å². The quantitative estimate of drug-likeness (QED) is 0.809. The number of nitriles is 1. The van der Waals surface area contributed by atoms with Crippen molar-refractivity contribution in [3.8, 4) is 6.07 Å². The molecule has 0 aliphatic heterocycles. The fourth-order valence-corrected chi connectivity index (χ4v) is 3.72. The summed E-state index contributed by atoms with van der Waals surface area (Å²) in [5, 5.41) is 9.07. The van der Waals surface area contributed by atoms with E-state index in [0.717, 1.165) is 18.2 Å². The van der Waals surface area contributed by atoms with Crippen LogP contribution < -0.4 is 4.72 Å². The molecule has 0 aliphatic carbocycles. The van der Waals surface area contributed by atoms with Crippen LogP contribution in [0.3, 0.4) is 0 Å². The fourth-order valence-electron chi connectivity index (χ4n) is 2.00. The number of fused-ring (bicyclic) bond motifs is 1. The summed E-state index contributed by atoms with van der Waals surface area (Å²) in [6.45, 7) is 0. The fraction of sp³-hybridized carbons (Fsp3) is 0.0714. The molecule has 2 aromatic rings. The average molecular weight is 390 g/mol. The SMILES string of the molecule is N#CC=CS(=O)(=O)c1ccc(NS(=O)(=O)C(F)(F)F)c2ccccc12. The van der Waals surface area contributed by atoms with E-state index >= 15 is 0 Å². The van der Waals surface area contributed by atoms with E-state index in [-0.39, 0.29) is 15.7 Å². The van der Waals surface area contributed by atoms with E-state index in [0.29, 0.717) is 5.41 Å². The predicted molar refractivity (Wildman–Crippen MR) is 84.5 cm³/mol. The largest absolute Gasteiger partial charge is 0.516 e. The molecule has 0 aromatic heterocycles. The van der Waals surface area contributed by atoms with Gasteiger partial charge in [-0.25, -0.2) is 8.42 Å². The molecule has 0 amide bonds. The molecule has 0 radical (unpaired) electrons. The molecule has 11 heteroatoms. The van der Waals surface area contributed by atoms with Gasteiger partial charge in [0.05, 0.1) is 16.7 Å². The lowest BCUT2D eigenvalue weighted by molar-refractivity contribution is -0.0429. The van der Waals surface area contributed by atoms with Gasteiger partial charge >= 0.3 is 15.5 Å². The van der Waals surface area contributed by atoms with Crippen molar-refractivity contribution in [1.29, 1.82) is 5.26 Å². The Balaban J connectivity index is 2.69. The summed E-state index contributed by atoms with van der Waals surface area (Å²) in [4.78, 5) is -0.274. The van der Waals surface area contributed by atoms with Crippen molar-refractivity contribution in [2.75, 3.05) is 4.72 Å². The molecule has 2 rings (SSSR count). The molecule has 0 fully saturated rings. The lowest BCUT2D eigenvalue weighted by Gasteiger charge is -2.14. The zero-order valence-electron chi connectivity index (χ0n) is 12.1. The number of sulfonamides is 1. The van der Waals surface area contributed by atoms with Crippen molar-refractivity contribution in [2.24, 2.45) is 0 Å². The first kappa shape index (κ1) is 18.8. The highest BCUT2D eigenvalue weighted by Crippen LogP contribution is 2.33. The Hall–Kier alpha value is -2.58. The number of alkyl halides is 3. The maximum Gasteiger partial charge on any atom is 0.516 e. The number of hydrogen-bond acceptors (Lipinski definition) is 5. The first-order chi connectivity index (χ1) is 11.5. The zero-order chi connectivity index (χ0) is 18.9. The molecule has 0 aliphatic rings. The molecule has 132 valence electrons. The highest BCUT2D eigenvalue weighted by molar-refractivity contribution is 7.94. The molecule has 0 saturated heterocycles. The van der Waals surface area contributed by atoms with Gasteiger partial charge < -0.3 is 0 Å². The second-order valence-corrected chi connectivity index (χ2v) is 8.16. The molecule has 1 N–H and O–H groups in total. The van der Waals surface area contributed by atoms with E-state index in [9.17, 15) is 30.0 Å². The number of nitrogens with zero attached hydrogens (tertiary/aromatic N) is 1. The second kappa shape index (κ2) is 6.38. The summed E-state index contributed by atoms with van der Waals surface area (Å²) in [5.74, 6) is 0.